The van der Waals surface area contributed by atoms with E-state index >= 15 is 0 Å². The third-order valence-corrected chi connectivity index (χ3v) is 17.1. The number of anilines is 6. The summed E-state index contributed by atoms with van der Waals surface area (Å²) in [6.45, 7) is 21.3. The van der Waals surface area contributed by atoms with Gasteiger partial charge in [-0.25, -0.2) is 0 Å². The minimum Gasteiger partial charge on any atom is -0.310 e. The van der Waals surface area contributed by atoms with Crippen molar-refractivity contribution in [3.05, 3.63) is 249 Å². The van der Waals surface area contributed by atoms with Crippen molar-refractivity contribution in [3.8, 4) is 33.4 Å². The lowest BCUT2D eigenvalue weighted by Gasteiger charge is -2.43. The topological polar surface area (TPSA) is 6.48 Å². The van der Waals surface area contributed by atoms with Crippen LogP contribution in [0.5, 0.6) is 0 Å². The summed E-state index contributed by atoms with van der Waals surface area (Å²) >= 11 is 0. The van der Waals surface area contributed by atoms with E-state index < -0.39 is 0 Å². The zero-order valence-corrected chi connectivity index (χ0v) is 42.4. The predicted octanol–water partition coefficient (Wildman–Crippen LogP) is 18.7. The molecule has 0 aromatic heterocycles. The molecule has 0 saturated carbocycles. The third kappa shape index (κ3) is 6.26. The Morgan fingerprint density at radius 2 is 0.704 bits per heavy atom. The van der Waals surface area contributed by atoms with E-state index in [1.165, 1.54) is 129 Å². The Balaban J connectivity index is 0.768. The summed E-state index contributed by atoms with van der Waals surface area (Å²) in [6, 6.07) is 71.0. The van der Waals surface area contributed by atoms with Gasteiger partial charge in [0.25, 0.3) is 0 Å². The molecular weight excluding hydrogens is 857 g/mol. The second-order valence-corrected chi connectivity index (χ2v) is 22.7. The number of hydrogen-bond acceptors (Lipinski definition) is 2. The maximum absolute atomic E-state index is 2.50. The van der Waals surface area contributed by atoms with Gasteiger partial charge in [0.15, 0.2) is 0 Å². The Morgan fingerprint density at radius 3 is 1.25 bits per heavy atom. The van der Waals surface area contributed by atoms with Gasteiger partial charge in [0.2, 0.25) is 0 Å². The van der Waals surface area contributed by atoms with E-state index in [4.69, 9.17) is 0 Å². The number of aryl methyl sites for hydroxylation is 1. The molecule has 0 saturated heterocycles. The standard InChI is InChI=1S/C69H60N2/c1-43-17-16-24-64-65(43)69(8,9)56-20-12-15-23-63(56)71(64)49-34-38-53-51-36-28-45(40-58(51)68(6,7)60(53)42-49)26-25-44-27-35-50-52-37-31-47(41-59(52)67(4,5)57(50)39-44)46-29-32-48(33-30-46)70-61-21-13-10-18-54(61)66(2,3)55-19-11-14-22-62(55)70/h10-42H,1-9H3/b26-25+. The average Bonchev–Trinajstić information content (AvgIpc) is 3.74. The van der Waals surface area contributed by atoms with Crippen LogP contribution in [0.25, 0.3) is 45.5 Å². The van der Waals surface area contributed by atoms with Crippen molar-refractivity contribution in [2.24, 2.45) is 0 Å². The molecule has 13 rings (SSSR count). The van der Waals surface area contributed by atoms with E-state index in [1.54, 1.807) is 0 Å². The lowest BCUT2D eigenvalue weighted by molar-refractivity contribution is 0.627. The molecule has 2 nitrogen and oxygen atoms in total. The zero-order chi connectivity index (χ0) is 48.8. The molecule has 0 amide bonds. The molecule has 0 atom stereocenters. The molecule has 0 N–H and O–H groups in total. The Morgan fingerprint density at radius 1 is 0.310 bits per heavy atom. The molecule has 346 valence electrons. The van der Waals surface area contributed by atoms with Gasteiger partial charge >= 0.3 is 0 Å². The van der Waals surface area contributed by atoms with Crippen LogP contribution in [0, 0.1) is 6.92 Å². The summed E-state index contributed by atoms with van der Waals surface area (Å²) in [4.78, 5) is 4.93. The van der Waals surface area contributed by atoms with Crippen LogP contribution < -0.4 is 9.80 Å². The minimum absolute atomic E-state index is 0.0798. The summed E-state index contributed by atoms with van der Waals surface area (Å²) in [5, 5.41) is 0. The molecule has 2 heteroatoms. The molecule has 0 spiro atoms. The Labute approximate surface area is 420 Å². The fraction of sp³-hybridized carbons (Fsp3) is 0.188. The molecule has 4 aliphatic rings. The van der Waals surface area contributed by atoms with Crippen molar-refractivity contribution in [2.45, 2.75) is 84.0 Å². The average molecular weight is 917 g/mol. The molecule has 2 aliphatic heterocycles. The van der Waals surface area contributed by atoms with E-state index in [9.17, 15) is 0 Å². The SMILES string of the molecule is Cc1cccc2c1C(C)(C)c1ccccc1N2c1ccc2c(c1)C(C)(C)c1cc(/C=C/c3ccc4c(c3)C(C)(C)c3cc(-c5ccc(N6c7ccccc7C(C)(C)c7ccccc76)cc5)ccc3-4)ccc1-2. The highest BCUT2D eigenvalue weighted by Crippen LogP contribution is 2.57. The summed E-state index contributed by atoms with van der Waals surface area (Å²) in [5.74, 6) is 0. The van der Waals surface area contributed by atoms with E-state index in [2.05, 4.69) is 272 Å². The number of rotatable bonds is 5. The second-order valence-electron chi connectivity index (χ2n) is 22.7. The van der Waals surface area contributed by atoms with Crippen LogP contribution in [0.3, 0.4) is 0 Å². The fourth-order valence-corrected chi connectivity index (χ4v) is 13.4. The van der Waals surface area contributed by atoms with E-state index in [-0.39, 0.29) is 21.7 Å². The molecule has 0 bridgehead atoms. The van der Waals surface area contributed by atoms with E-state index in [1.807, 2.05) is 0 Å². The van der Waals surface area contributed by atoms with Gasteiger partial charge in [-0.15, -0.1) is 0 Å². The largest absolute Gasteiger partial charge is 0.310 e. The number of benzene rings is 9. The highest BCUT2D eigenvalue weighted by atomic mass is 15.2. The molecule has 0 unspecified atom stereocenters. The van der Waals surface area contributed by atoms with Gasteiger partial charge in [-0.1, -0.05) is 201 Å². The lowest BCUT2D eigenvalue weighted by Crippen LogP contribution is -2.31. The maximum Gasteiger partial charge on any atom is 0.0505 e. The lowest BCUT2D eigenvalue weighted by atomic mass is 9.72. The number of fused-ring (bicyclic) bond motifs is 10. The molecular formula is C69H60N2. The first-order valence-corrected chi connectivity index (χ1v) is 25.5. The molecule has 71 heavy (non-hydrogen) atoms. The van der Waals surface area contributed by atoms with Crippen LogP contribution >= 0.6 is 0 Å². The first-order chi connectivity index (χ1) is 34.1. The third-order valence-electron chi connectivity index (χ3n) is 17.1. The van der Waals surface area contributed by atoms with Gasteiger partial charge in [-0.3, -0.25) is 0 Å². The van der Waals surface area contributed by atoms with Crippen LogP contribution in [0.4, 0.5) is 34.1 Å². The molecule has 0 radical (unpaired) electrons. The molecule has 9 aromatic carbocycles. The molecule has 0 fully saturated rings. The van der Waals surface area contributed by atoms with Gasteiger partial charge in [0.05, 0.1) is 22.7 Å². The van der Waals surface area contributed by atoms with Crippen molar-refractivity contribution in [1.82, 2.24) is 0 Å². The van der Waals surface area contributed by atoms with Crippen molar-refractivity contribution >= 4 is 46.3 Å². The van der Waals surface area contributed by atoms with Crippen LogP contribution in [0.2, 0.25) is 0 Å². The highest BCUT2D eigenvalue weighted by molar-refractivity contribution is 5.92. The first kappa shape index (κ1) is 43.3. The Kier molecular flexibility index (Phi) is 9.26. The maximum atomic E-state index is 2.50. The first-order valence-electron chi connectivity index (χ1n) is 25.5. The van der Waals surface area contributed by atoms with Gasteiger partial charge in [-0.2, -0.15) is 0 Å². The number of para-hydroxylation sites is 3. The quantitative estimate of drug-likeness (QED) is 0.159. The van der Waals surface area contributed by atoms with Crippen molar-refractivity contribution in [1.29, 1.82) is 0 Å². The van der Waals surface area contributed by atoms with Gasteiger partial charge < -0.3 is 9.80 Å². The molecule has 9 aromatic rings. The van der Waals surface area contributed by atoms with E-state index in [0.29, 0.717) is 0 Å². The van der Waals surface area contributed by atoms with Crippen LogP contribution in [-0.2, 0) is 21.7 Å². The van der Waals surface area contributed by atoms with Gasteiger partial charge in [0, 0.05) is 33.0 Å². The second kappa shape index (κ2) is 15.2. The minimum atomic E-state index is -0.165. The monoisotopic (exact) mass is 916 g/mol. The predicted molar refractivity (Wildman–Crippen MR) is 301 cm³/mol. The number of hydrogen-bond donors (Lipinski definition) is 0. The van der Waals surface area contributed by atoms with Crippen LogP contribution in [0.15, 0.2) is 188 Å². The van der Waals surface area contributed by atoms with Gasteiger partial charge in [-0.05, 0) is 156 Å². The van der Waals surface area contributed by atoms with E-state index in [0.717, 1.165) is 0 Å². The van der Waals surface area contributed by atoms with Gasteiger partial charge in [0.1, 0.15) is 0 Å². The summed E-state index contributed by atoms with van der Waals surface area (Å²) in [6.07, 6.45) is 4.60. The Bertz CT molecular complexity index is 3680. The Hall–Kier alpha value is -7.68. The van der Waals surface area contributed by atoms with Crippen molar-refractivity contribution in [2.75, 3.05) is 9.80 Å². The summed E-state index contributed by atoms with van der Waals surface area (Å²) < 4.78 is 0. The molecule has 2 aliphatic carbocycles. The summed E-state index contributed by atoms with van der Waals surface area (Å²) in [5.41, 5.74) is 29.5. The summed E-state index contributed by atoms with van der Waals surface area (Å²) in [7, 11) is 0. The normalized spacial score (nSPS) is 16.6. The fourth-order valence-electron chi connectivity index (χ4n) is 13.4. The highest BCUT2D eigenvalue weighted by Gasteiger charge is 2.41. The smallest absolute Gasteiger partial charge is 0.0505 e. The van der Waals surface area contributed by atoms with Crippen molar-refractivity contribution in [3.63, 3.8) is 0 Å². The van der Waals surface area contributed by atoms with Crippen molar-refractivity contribution < 1.29 is 0 Å². The number of nitrogens with zero attached hydrogens (tertiary/aromatic N) is 2. The van der Waals surface area contributed by atoms with Crippen LogP contribution in [0.1, 0.15) is 117 Å². The van der Waals surface area contributed by atoms with Crippen LogP contribution in [-0.4, -0.2) is 0 Å². The zero-order valence-electron chi connectivity index (χ0n) is 42.4. The molecule has 2 heterocycles.